The number of carbonyl (C=O) groups is 1. The van der Waals surface area contributed by atoms with Crippen molar-refractivity contribution in [3.8, 4) is 0 Å². The van der Waals surface area contributed by atoms with Crippen LogP contribution in [0.2, 0.25) is 0 Å². The summed E-state index contributed by atoms with van der Waals surface area (Å²) in [4.78, 5) is 23.2. The van der Waals surface area contributed by atoms with Crippen LogP contribution in [0.4, 0.5) is 0 Å². The van der Waals surface area contributed by atoms with E-state index in [9.17, 15) is 4.79 Å². The topological polar surface area (TPSA) is 74.9 Å². The highest BCUT2D eigenvalue weighted by Crippen LogP contribution is 2.09. The van der Waals surface area contributed by atoms with Gasteiger partial charge in [-0.05, 0) is 6.42 Å². The van der Waals surface area contributed by atoms with Crippen LogP contribution in [-0.2, 0) is 22.5 Å². The lowest BCUT2D eigenvalue weighted by Crippen LogP contribution is -2.51. The van der Waals surface area contributed by atoms with Gasteiger partial charge in [0, 0.05) is 45.7 Å². The number of ether oxygens (including phenoxy) is 1. The van der Waals surface area contributed by atoms with Gasteiger partial charge in [-0.3, -0.25) is 14.6 Å². The van der Waals surface area contributed by atoms with Crippen molar-refractivity contribution < 1.29 is 14.1 Å². The van der Waals surface area contributed by atoms with Gasteiger partial charge < -0.3 is 14.2 Å². The van der Waals surface area contributed by atoms with E-state index in [1.807, 2.05) is 4.90 Å². The molecule has 0 saturated carbocycles. The Hall–Kier alpha value is -1.51. The number of rotatable bonds is 7. The van der Waals surface area contributed by atoms with Crippen LogP contribution >= 0.6 is 0 Å². The molecule has 3 heterocycles. The van der Waals surface area contributed by atoms with E-state index in [0.717, 1.165) is 64.4 Å². The second kappa shape index (κ2) is 9.26. The summed E-state index contributed by atoms with van der Waals surface area (Å²) >= 11 is 0. The van der Waals surface area contributed by atoms with Gasteiger partial charge >= 0.3 is 0 Å². The quantitative estimate of drug-likeness (QED) is 0.703. The maximum atomic E-state index is 12.3. The number of hydrogen-bond acceptors (Lipinski definition) is 7. The fourth-order valence-electron chi connectivity index (χ4n) is 3.19. The monoisotopic (exact) mass is 351 g/mol. The van der Waals surface area contributed by atoms with Gasteiger partial charge in [0.25, 0.3) is 0 Å². The summed E-state index contributed by atoms with van der Waals surface area (Å²) in [5, 5.41) is 4.04. The van der Waals surface area contributed by atoms with Crippen molar-refractivity contribution in [1.29, 1.82) is 0 Å². The predicted octanol–water partition coefficient (Wildman–Crippen LogP) is 0.389. The highest BCUT2D eigenvalue weighted by Gasteiger charge is 2.23. The lowest BCUT2D eigenvalue weighted by atomic mass is 10.2. The van der Waals surface area contributed by atoms with Crippen molar-refractivity contribution in [2.24, 2.45) is 0 Å². The minimum atomic E-state index is 0.217. The van der Waals surface area contributed by atoms with Gasteiger partial charge in [0.15, 0.2) is 5.82 Å². The first-order chi connectivity index (χ1) is 12.2. The van der Waals surface area contributed by atoms with E-state index in [-0.39, 0.29) is 5.91 Å². The molecule has 0 atom stereocenters. The van der Waals surface area contributed by atoms with Crippen molar-refractivity contribution in [2.45, 2.75) is 32.7 Å². The highest BCUT2D eigenvalue weighted by atomic mass is 16.5. The van der Waals surface area contributed by atoms with E-state index >= 15 is 0 Å². The third kappa shape index (κ3) is 5.49. The summed E-state index contributed by atoms with van der Waals surface area (Å²) in [7, 11) is 0. The van der Waals surface area contributed by atoms with Crippen LogP contribution in [0, 0.1) is 0 Å². The fraction of sp³-hybridized carbons (Fsp3) is 0.824. The van der Waals surface area contributed by atoms with E-state index in [0.29, 0.717) is 32.2 Å². The van der Waals surface area contributed by atoms with Crippen molar-refractivity contribution in [1.82, 2.24) is 24.8 Å². The molecule has 1 aromatic heterocycles. The number of amides is 1. The molecular formula is C17H29N5O3. The Morgan fingerprint density at radius 3 is 2.52 bits per heavy atom. The number of nitrogens with zero attached hydrogens (tertiary/aromatic N) is 5. The zero-order valence-corrected chi connectivity index (χ0v) is 15.2. The Morgan fingerprint density at radius 1 is 1.08 bits per heavy atom. The maximum Gasteiger partial charge on any atom is 0.240 e. The Morgan fingerprint density at radius 2 is 1.80 bits per heavy atom. The number of aryl methyl sites for hydroxylation is 1. The smallest absolute Gasteiger partial charge is 0.240 e. The normalized spacial score (nSPS) is 20.1. The third-order valence-corrected chi connectivity index (χ3v) is 4.81. The molecule has 8 heteroatoms. The number of aromatic nitrogens is 2. The minimum absolute atomic E-state index is 0.217. The van der Waals surface area contributed by atoms with Crippen LogP contribution in [0.1, 0.15) is 31.5 Å². The lowest BCUT2D eigenvalue weighted by Gasteiger charge is -2.35. The summed E-state index contributed by atoms with van der Waals surface area (Å²) < 4.78 is 10.6. The number of piperazine rings is 1. The van der Waals surface area contributed by atoms with Gasteiger partial charge in [-0.15, -0.1) is 0 Å². The minimum Gasteiger partial charge on any atom is -0.378 e. The van der Waals surface area contributed by atoms with Crippen LogP contribution in [-0.4, -0.2) is 89.8 Å². The number of unbranched alkanes of at least 4 members (excludes halogenated alkanes) is 1. The molecule has 1 aromatic rings. The largest absolute Gasteiger partial charge is 0.378 e. The summed E-state index contributed by atoms with van der Waals surface area (Å²) in [6, 6.07) is 0. The fourth-order valence-corrected chi connectivity index (χ4v) is 3.19. The Kier molecular flexibility index (Phi) is 6.77. The molecular weight excluding hydrogens is 322 g/mol. The summed E-state index contributed by atoms with van der Waals surface area (Å²) in [5.41, 5.74) is 0. The molecule has 2 saturated heterocycles. The summed E-state index contributed by atoms with van der Waals surface area (Å²) in [6.07, 6.45) is 3.11. The van der Waals surface area contributed by atoms with Gasteiger partial charge in [-0.25, -0.2) is 0 Å². The third-order valence-electron chi connectivity index (χ3n) is 4.81. The molecule has 25 heavy (non-hydrogen) atoms. The van der Waals surface area contributed by atoms with Gasteiger partial charge in [0.1, 0.15) is 0 Å². The van der Waals surface area contributed by atoms with Crippen molar-refractivity contribution in [2.75, 3.05) is 59.0 Å². The molecule has 8 nitrogen and oxygen atoms in total. The van der Waals surface area contributed by atoms with E-state index in [1.165, 1.54) is 0 Å². The van der Waals surface area contributed by atoms with Crippen LogP contribution in [0.5, 0.6) is 0 Å². The maximum absolute atomic E-state index is 12.3. The second-order valence-corrected chi connectivity index (χ2v) is 6.75. The van der Waals surface area contributed by atoms with Crippen molar-refractivity contribution >= 4 is 5.91 Å². The molecule has 0 radical (unpaired) electrons. The number of carbonyl (C=O) groups excluding carboxylic acids is 1. The van der Waals surface area contributed by atoms with Gasteiger partial charge in [-0.2, -0.15) is 4.98 Å². The van der Waals surface area contributed by atoms with Gasteiger partial charge in [-0.1, -0.05) is 18.5 Å². The molecule has 2 aliphatic heterocycles. The molecule has 3 rings (SSSR count). The predicted molar refractivity (Wildman–Crippen MR) is 92.0 cm³/mol. The SMILES string of the molecule is CCCCc1noc(CN2CCN(CC(=O)N3CCOCC3)CC2)n1. The first-order valence-electron chi connectivity index (χ1n) is 9.36. The van der Waals surface area contributed by atoms with Crippen LogP contribution in [0.3, 0.4) is 0 Å². The molecule has 2 aliphatic rings. The first-order valence-corrected chi connectivity index (χ1v) is 9.36. The highest BCUT2D eigenvalue weighted by molar-refractivity contribution is 5.78. The van der Waals surface area contributed by atoms with Crippen LogP contribution in [0.25, 0.3) is 0 Å². The molecule has 0 bridgehead atoms. The molecule has 0 spiro atoms. The van der Waals surface area contributed by atoms with Crippen molar-refractivity contribution in [3.63, 3.8) is 0 Å². The standard InChI is InChI=1S/C17H29N5O3/c1-2-3-4-15-18-16(25-19-15)13-20-5-7-21(8-6-20)14-17(23)22-9-11-24-12-10-22/h2-14H2,1H3. The van der Waals surface area contributed by atoms with Crippen LogP contribution < -0.4 is 0 Å². The average molecular weight is 351 g/mol. The van der Waals surface area contributed by atoms with E-state index in [2.05, 4.69) is 26.9 Å². The second-order valence-electron chi connectivity index (χ2n) is 6.75. The van der Waals surface area contributed by atoms with E-state index < -0.39 is 0 Å². The number of hydrogen-bond donors (Lipinski definition) is 0. The molecule has 1 amide bonds. The molecule has 0 unspecified atom stereocenters. The van der Waals surface area contributed by atoms with Crippen LogP contribution in [0.15, 0.2) is 4.52 Å². The van der Waals surface area contributed by atoms with E-state index in [4.69, 9.17) is 9.26 Å². The van der Waals surface area contributed by atoms with Gasteiger partial charge in [0.05, 0.1) is 26.3 Å². The molecule has 2 fully saturated rings. The molecule has 0 aromatic carbocycles. The zero-order chi connectivity index (χ0) is 17.5. The Labute approximate surface area is 149 Å². The number of morpholine rings is 1. The van der Waals surface area contributed by atoms with Crippen molar-refractivity contribution in [3.05, 3.63) is 11.7 Å². The Bertz CT molecular complexity index is 536. The average Bonchev–Trinajstić information content (AvgIpc) is 3.09. The summed E-state index contributed by atoms with van der Waals surface area (Å²) in [5.74, 6) is 1.73. The molecule has 0 aliphatic carbocycles. The lowest BCUT2D eigenvalue weighted by molar-refractivity contribution is -0.136. The van der Waals surface area contributed by atoms with E-state index in [1.54, 1.807) is 0 Å². The zero-order valence-electron chi connectivity index (χ0n) is 15.2. The molecule has 0 N–H and O–H groups in total. The Balaban J connectivity index is 1.38. The van der Waals surface area contributed by atoms with Gasteiger partial charge in [0.2, 0.25) is 11.8 Å². The first kappa shape index (κ1) is 18.3. The molecule has 140 valence electrons. The summed E-state index contributed by atoms with van der Waals surface area (Å²) in [6.45, 7) is 9.75.